The summed E-state index contributed by atoms with van der Waals surface area (Å²) in [5, 5.41) is 3.26. The number of oxazole rings is 1. The van der Waals surface area contributed by atoms with Crippen LogP contribution in [0, 0.1) is 0 Å². The molecule has 1 saturated heterocycles. The highest BCUT2D eigenvalue weighted by Gasteiger charge is 2.25. The van der Waals surface area contributed by atoms with Crippen molar-refractivity contribution in [2.75, 3.05) is 30.3 Å². The molecule has 0 aliphatic carbocycles. The second-order valence-electron chi connectivity index (χ2n) is 5.25. The Kier molecular flexibility index (Phi) is 4.56. The van der Waals surface area contributed by atoms with Crippen LogP contribution in [0.15, 0.2) is 10.7 Å². The minimum Gasteiger partial charge on any atom is -0.432 e. The number of nitrogens with one attached hydrogen (secondary N) is 1. The van der Waals surface area contributed by atoms with E-state index in [4.69, 9.17) is 4.42 Å². The molecule has 18 heavy (non-hydrogen) atoms. The highest BCUT2D eigenvalue weighted by Crippen LogP contribution is 2.32. The van der Waals surface area contributed by atoms with Crippen LogP contribution in [-0.2, 0) is 6.54 Å². The van der Waals surface area contributed by atoms with Crippen molar-refractivity contribution >= 4 is 17.8 Å². The summed E-state index contributed by atoms with van der Waals surface area (Å²) < 4.78 is 5.96. The summed E-state index contributed by atoms with van der Waals surface area (Å²) in [4.78, 5) is 6.81. The van der Waals surface area contributed by atoms with E-state index in [1.165, 1.54) is 6.42 Å². The molecule has 0 bridgehead atoms. The molecular weight excluding hydrogens is 246 g/mol. The predicted molar refractivity (Wildman–Crippen MR) is 77.3 cm³/mol. The summed E-state index contributed by atoms with van der Waals surface area (Å²) in [5.41, 5.74) is 0.989. The quantitative estimate of drug-likeness (QED) is 0.909. The van der Waals surface area contributed by atoms with E-state index in [0.717, 1.165) is 43.6 Å². The van der Waals surface area contributed by atoms with Gasteiger partial charge in [0.05, 0.1) is 5.69 Å². The van der Waals surface area contributed by atoms with Crippen molar-refractivity contribution in [1.29, 1.82) is 0 Å². The molecule has 0 aromatic carbocycles. The van der Waals surface area contributed by atoms with Crippen LogP contribution in [0.5, 0.6) is 0 Å². The van der Waals surface area contributed by atoms with Crippen molar-refractivity contribution in [3.05, 3.63) is 12.0 Å². The normalized spacial score (nSPS) is 19.8. The van der Waals surface area contributed by atoms with Crippen LogP contribution in [0.25, 0.3) is 0 Å². The van der Waals surface area contributed by atoms with E-state index in [9.17, 15) is 0 Å². The van der Waals surface area contributed by atoms with Gasteiger partial charge < -0.3 is 14.6 Å². The zero-order chi connectivity index (χ0) is 13.0. The zero-order valence-corrected chi connectivity index (χ0v) is 12.3. The average Bonchev–Trinajstić information content (AvgIpc) is 2.72. The number of rotatable bonds is 4. The molecule has 0 saturated carbocycles. The van der Waals surface area contributed by atoms with Crippen molar-refractivity contribution in [1.82, 2.24) is 10.3 Å². The molecule has 1 aromatic rings. The molecule has 1 N–H and O–H groups in total. The summed E-state index contributed by atoms with van der Waals surface area (Å²) in [5.74, 6) is 1.14. The molecule has 0 atom stereocenters. The molecule has 2 heterocycles. The second kappa shape index (κ2) is 5.97. The number of thioether (sulfide) groups is 1. The first kappa shape index (κ1) is 13.7. The fourth-order valence-electron chi connectivity index (χ4n) is 1.99. The van der Waals surface area contributed by atoms with Crippen molar-refractivity contribution < 1.29 is 4.42 Å². The Morgan fingerprint density at radius 1 is 1.50 bits per heavy atom. The maximum atomic E-state index is 5.59. The molecule has 0 spiro atoms. The molecule has 0 unspecified atom stereocenters. The first-order valence-corrected chi connectivity index (χ1v) is 7.63. The molecular formula is C13H23N3OS. The third-order valence-corrected chi connectivity index (χ3v) is 4.58. The Hall–Kier alpha value is -0.680. The van der Waals surface area contributed by atoms with Gasteiger partial charge in [0.15, 0.2) is 0 Å². The minimum absolute atomic E-state index is 0.369. The van der Waals surface area contributed by atoms with E-state index in [1.54, 1.807) is 6.26 Å². The molecule has 0 radical (unpaired) electrons. The molecule has 1 fully saturated rings. The van der Waals surface area contributed by atoms with Gasteiger partial charge in [-0.1, -0.05) is 20.8 Å². The fourth-order valence-corrected chi connectivity index (χ4v) is 3.09. The predicted octanol–water partition coefficient (Wildman–Crippen LogP) is 2.51. The van der Waals surface area contributed by atoms with Crippen LogP contribution in [0.4, 0.5) is 6.01 Å². The summed E-state index contributed by atoms with van der Waals surface area (Å²) in [6, 6.07) is 0.779. The Morgan fingerprint density at radius 2 is 2.33 bits per heavy atom. The van der Waals surface area contributed by atoms with Gasteiger partial charge >= 0.3 is 0 Å². The summed E-state index contributed by atoms with van der Waals surface area (Å²) in [6.45, 7) is 10.5. The number of anilines is 1. The first-order valence-electron chi connectivity index (χ1n) is 6.65. The molecule has 1 aromatic heterocycles. The third-order valence-electron chi connectivity index (χ3n) is 3.20. The molecule has 2 rings (SSSR count). The topological polar surface area (TPSA) is 41.3 Å². The van der Waals surface area contributed by atoms with E-state index in [0.29, 0.717) is 4.75 Å². The summed E-state index contributed by atoms with van der Waals surface area (Å²) in [6.07, 6.45) is 2.93. The lowest BCUT2D eigenvalue weighted by Crippen LogP contribution is -2.27. The van der Waals surface area contributed by atoms with Gasteiger partial charge in [-0.25, -0.2) is 0 Å². The van der Waals surface area contributed by atoms with E-state index >= 15 is 0 Å². The SMILES string of the molecule is CCNCc1coc(N2CCSC(C)(C)CC2)n1. The maximum absolute atomic E-state index is 5.59. The lowest BCUT2D eigenvalue weighted by Gasteiger charge is -2.21. The molecule has 102 valence electrons. The van der Waals surface area contributed by atoms with Gasteiger partial charge in [-0.15, -0.1) is 0 Å². The molecule has 1 aliphatic rings. The summed E-state index contributed by atoms with van der Waals surface area (Å²) in [7, 11) is 0. The Labute approximate surface area is 114 Å². The number of aromatic nitrogens is 1. The lowest BCUT2D eigenvalue weighted by molar-refractivity contribution is 0.525. The Bertz CT molecular complexity index is 378. The number of nitrogens with zero attached hydrogens (tertiary/aromatic N) is 2. The van der Waals surface area contributed by atoms with Crippen LogP contribution in [0.2, 0.25) is 0 Å². The van der Waals surface area contributed by atoms with Gasteiger partial charge in [-0.3, -0.25) is 0 Å². The minimum atomic E-state index is 0.369. The van der Waals surface area contributed by atoms with Gasteiger partial charge in [-0.05, 0) is 13.0 Å². The van der Waals surface area contributed by atoms with Gasteiger partial charge in [0.25, 0.3) is 6.01 Å². The molecule has 0 amide bonds. The van der Waals surface area contributed by atoms with Crippen molar-refractivity contribution in [3.63, 3.8) is 0 Å². The van der Waals surface area contributed by atoms with Crippen LogP contribution < -0.4 is 10.2 Å². The first-order chi connectivity index (χ1) is 8.61. The Balaban J connectivity index is 1.96. The molecule has 1 aliphatic heterocycles. The highest BCUT2D eigenvalue weighted by molar-refractivity contribution is 8.00. The van der Waals surface area contributed by atoms with Crippen LogP contribution in [-0.4, -0.2) is 35.1 Å². The van der Waals surface area contributed by atoms with E-state index in [2.05, 4.69) is 36.0 Å². The third kappa shape index (κ3) is 3.65. The van der Waals surface area contributed by atoms with Crippen LogP contribution >= 0.6 is 11.8 Å². The van der Waals surface area contributed by atoms with Crippen molar-refractivity contribution in [3.8, 4) is 0 Å². The average molecular weight is 269 g/mol. The van der Waals surface area contributed by atoms with Gasteiger partial charge in [0, 0.05) is 30.1 Å². The van der Waals surface area contributed by atoms with Crippen molar-refractivity contribution in [2.45, 2.75) is 38.5 Å². The Morgan fingerprint density at radius 3 is 3.11 bits per heavy atom. The van der Waals surface area contributed by atoms with Crippen LogP contribution in [0.1, 0.15) is 32.9 Å². The van der Waals surface area contributed by atoms with Crippen molar-refractivity contribution in [2.24, 2.45) is 0 Å². The van der Waals surface area contributed by atoms with Crippen LogP contribution in [0.3, 0.4) is 0 Å². The monoisotopic (exact) mass is 269 g/mol. The molecule has 5 heteroatoms. The van der Waals surface area contributed by atoms with E-state index < -0.39 is 0 Å². The smallest absolute Gasteiger partial charge is 0.297 e. The molecule has 4 nitrogen and oxygen atoms in total. The maximum Gasteiger partial charge on any atom is 0.297 e. The van der Waals surface area contributed by atoms with Gasteiger partial charge in [-0.2, -0.15) is 16.7 Å². The van der Waals surface area contributed by atoms with Gasteiger partial charge in [0.1, 0.15) is 6.26 Å². The lowest BCUT2D eigenvalue weighted by atomic mass is 10.1. The zero-order valence-electron chi connectivity index (χ0n) is 11.5. The second-order valence-corrected chi connectivity index (χ2v) is 7.05. The summed E-state index contributed by atoms with van der Waals surface area (Å²) >= 11 is 2.04. The van der Waals surface area contributed by atoms with E-state index in [-0.39, 0.29) is 0 Å². The van der Waals surface area contributed by atoms with Gasteiger partial charge in [0.2, 0.25) is 0 Å². The highest BCUT2D eigenvalue weighted by atomic mass is 32.2. The fraction of sp³-hybridized carbons (Fsp3) is 0.769. The van der Waals surface area contributed by atoms with E-state index in [1.807, 2.05) is 11.8 Å². The largest absolute Gasteiger partial charge is 0.432 e. The number of hydrogen-bond donors (Lipinski definition) is 1. The standard InChI is InChI=1S/C13H23N3OS/c1-4-14-9-11-10-17-12(15-11)16-6-5-13(2,3)18-8-7-16/h10,14H,4-9H2,1-3H3. The number of hydrogen-bond acceptors (Lipinski definition) is 5.